The van der Waals surface area contributed by atoms with E-state index in [0.29, 0.717) is 6.61 Å². The number of halogens is 1. The molecule has 0 unspecified atom stereocenters. The highest BCUT2D eigenvalue weighted by molar-refractivity contribution is 14.1. The summed E-state index contributed by atoms with van der Waals surface area (Å²) in [5, 5.41) is 0. The maximum Gasteiger partial charge on any atom is 0.156 e. The van der Waals surface area contributed by atoms with Gasteiger partial charge in [-0.2, -0.15) is 0 Å². The molecule has 0 saturated carbocycles. The van der Waals surface area contributed by atoms with Gasteiger partial charge < -0.3 is 14.4 Å². The second-order valence-corrected chi connectivity index (χ2v) is 7.11. The standard InChI is InChI=1S/C18H22IN3O2/c1-13-11-18(21-17(20-13)12-23-2)22-9-7-14(8-10-22)24-16-6-4-3-5-15(16)19/h3-6,11,14H,7-10,12H2,1-2H3. The van der Waals surface area contributed by atoms with Gasteiger partial charge in [-0.1, -0.05) is 12.1 Å². The summed E-state index contributed by atoms with van der Waals surface area (Å²) >= 11 is 2.32. The first kappa shape index (κ1) is 17.4. The lowest BCUT2D eigenvalue weighted by atomic mass is 10.1. The molecule has 2 aromatic rings. The van der Waals surface area contributed by atoms with E-state index < -0.39 is 0 Å². The van der Waals surface area contributed by atoms with Crippen molar-refractivity contribution in [2.75, 3.05) is 25.1 Å². The van der Waals surface area contributed by atoms with Gasteiger partial charge in [0.25, 0.3) is 0 Å². The fourth-order valence-electron chi connectivity index (χ4n) is 2.89. The number of piperidine rings is 1. The van der Waals surface area contributed by atoms with Crippen LogP contribution in [0, 0.1) is 10.5 Å². The van der Waals surface area contributed by atoms with E-state index in [0.717, 1.165) is 52.6 Å². The average Bonchev–Trinajstić information content (AvgIpc) is 2.57. The molecular formula is C18H22IN3O2. The lowest BCUT2D eigenvalue weighted by Crippen LogP contribution is -2.39. The van der Waals surface area contributed by atoms with Crippen LogP contribution < -0.4 is 9.64 Å². The van der Waals surface area contributed by atoms with Crippen molar-refractivity contribution in [1.82, 2.24) is 9.97 Å². The molecule has 0 radical (unpaired) electrons. The lowest BCUT2D eigenvalue weighted by molar-refractivity contribution is 0.169. The summed E-state index contributed by atoms with van der Waals surface area (Å²) in [4.78, 5) is 11.3. The second-order valence-electron chi connectivity index (χ2n) is 5.95. The summed E-state index contributed by atoms with van der Waals surface area (Å²) < 4.78 is 12.5. The van der Waals surface area contributed by atoms with Crippen LogP contribution in [0.15, 0.2) is 30.3 Å². The van der Waals surface area contributed by atoms with Gasteiger partial charge in [0.2, 0.25) is 0 Å². The molecule has 1 saturated heterocycles. The Bertz CT molecular complexity index is 688. The highest BCUT2D eigenvalue weighted by atomic mass is 127. The van der Waals surface area contributed by atoms with Crippen molar-refractivity contribution in [3.05, 3.63) is 45.4 Å². The Balaban J connectivity index is 1.62. The number of rotatable bonds is 5. The van der Waals surface area contributed by atoms with E-state index in [1.165, 1.54) is 0 Å². The SMILES string of the molecule is COCc1nc(C)cc(N2CCC(Oc3ccccc3I)CC2)n1. The van der Waals surface area contributed by atoms with Gasteiger partial charge in [-0.05, 0) is 41.6 Å². The third-order valence-corrected chi connectivity index (χ3v) is 4.95. The first-order valence-electron chi connectivity index (χ1n) is 8.15. The van der Waals surface area contributed by atoms with Gasteiger partial charge in [-0.3, -0.25) is 0 Å². The van der Waals surface area contributed by atoms with Crippen LogP contribution in [-0.2, 0) is 11.3 Å². The Kier molecular flexibility index (Phi) is 5.89. The van der Waals surface area contributed by atoms with Gasteiger partial charge in [-0.15, -0.1) is 0 Å². The molecule has 1 aliphatic rings. The Morgan fingerprint density at radius 1 is 1.21 bits per heavy atom. The number of hydrogen-bond donors (Lipinski definition) is 0. The van der Waals surface area contributed by atoms with Crippen LogP contribution in [0.5, 0.6) is 5.75 Å². The topological polar surface area (TPSA) is 47.5 Å². The molecule has 1 aromatic heterocycles. The monoisotopic (exact) mass is 439 g/mol. The Labute approximate surface area is 156 Å². The molecule has 0 bridgehead atoms. The number of aromatic nitrogens is 2. The summed E-state index contributed by atoms with van der Waals surface area (Å²) in [6, 6.07) is 10.2. The molecule has 1 fully saturated rings. The smallest absolute Gasteiger partial charge is 0.156 e. The van der Waals surface area contributed by atoms with Crippen LogP contribution in [-0.4, -0.2) is 36.3 Å². The number of methoxy groups -OCH3 is 1. The Morgan fingerprint density at radius 2 is 1.96 bits per heavy atom. The van der Waals surface area contributed by atoms with Crippen LogP contribution >= 0.6 is 22.6 Å². The summed E-state index contributed by atoms with van der Waals surface area (Å²) in [6.45, 7) is 4.33. The predicted molar refractivity (Wildman–Crippen MR) is 103 cm³/mol. The molecule has 1 aliphatic heterocycles. The van der Waals surface area contributed by atoms with E-state index in [1.54, 1.807) is 7.11 Å². The van der Waals surface area contributed by atoms with Crippen LogP contribution in [0.25, 0.3) is 0 Å². The first-order chi connectivity index (χ1) is 11.7. The van der Waals surface area contributed by atoms with Crippen molar-refractivity contribution in [1.29, 1.82) is 0 Å². The Hall–Kier alpha value is -1.41. The van der Waals surface area contributed by atoms with Crippen LogP contribution in [0.4, 0.5) is 5.82 Å². The van der Waals surface area contributed by atoms with E-state index in [-0.39, 0.29) is 6.10 Å². The maximum absolute atomic E-state index is 6.17. The lowest BCUT2D eigenvalue weighted by Gasteiger charge is -2.33. The summed E-state index contributed by atoms with van der Waals surface area (Å²) in [5.74, 6) is 2.71. The van der Waals surface area contributed by atoms with E-state index in [9.17, 15) is 0 Å². The van der Waals surface area contributed by atoms with Crippen molar-refractivity contribution in [2.24, 2.45) is 0 Å². The van der Waals surface area contributed by atoms with Gasteiger partial charge in [0.1, 0.15) is 24.3 Å². The van der Waals surface area contributed by atoms with Crippen molar-refractivity contribution in [2.45, 2.75) is 32.5 Å². The number of aryl methyl sites for hydroxylation is 1. The third-order valence-electron chi connectivity index (χ3n) is 4.06. The van der Waals surface area contributed by atoms with E-state index in [1.807, 2.05) is 31.2 Å². The predicted octanol–water partition coefficient (Wildman–Crippen LogP) is 3.58. The van der Waals surface area contributed by atoms with Gasteiger partial charge in [0, 0.05) is 44.8 Å². The number of para-hydroxylation sites is 1. The van der Waals surface area contributed by atoms with Crippen molar-refractivity contribution in [3.8, 4) is 5.75 Å². The van der Waals surface area contributed by atoms with E-state index in [2.05, 4.69) is 43.5 Å². The summed E-state index contributed by atoms with van der Waals surface area (Å²) in [6.07, 6.45) is 2.25. The van der Waals surface area contributed by atoms with Gasteiger partial charge in [0.15, 0.2) is 5.82 Å². The fraction of sp³-hybridized carbons (Fsp3) is 0.444. The highest BCUT2D eigenvalue weighted by Gasteiger charge is 2.22. The minimum atomic E-state index is 0.263. The number of hydrogen-bond acceptors (Lipinski definition) is 5. The Morgan fingerprint density at radius 3 is 2.67 bits per heavy atom. The van der Waals surface area contributed by atoms with Crippen molar-refractivity contribution in [3.63, 3.8) is 0 Å². The molecule has 0 spiro atoms. The van der Waals surface area contributed by atoms with Crippen LogP contribution in [0.1, 0.15) is 24.4 Å². The number of benzene rings is 1. The molecule has 2 heterocycles. The molecule has 5 nitrogen and oxygen atoms in total. The summed E-state index contributed by atoms with van der Waals surface area (Å²) in [7, 11) is 1.67. The minimum absolute atomic E-state index is 0.263. The van der Waals surface area contributed by atoms with Gasteiger partial charge in [0.05, 0.1) is 3.57 Å². The molecule has 0 aliphatic carbocycles. The largest absolute Gasteiger partial charge is 0.489 e. The van der Waals surface area contributed by atoms with E-state index in [4.69, 9.17) is 9.47 Å². The highest BCUT2D eigenvalue weighted by Crippen LogP contribution is 2.25. The zero-order valence-corrected chi connectivity index (χ0v) is 16.2. The zero-order chi connectivity index (χ0) is 16.9. The van der Waals surface area contributed by atoms with Gasteiger partial charge in [-0.25, -0.2) is 9.97 Å². The third kappa shape index (κ3) is 4.36. The van der Waals surface area contributed by atoms with Crippen LogP contribution in [0.2, 0.25) is 0 Å². The van der Waals surface area contributed by atoms with E-state index >= 15 is 0 Å². The molecule has 0 amide bonds. The average molecular weight is 439 g/mol. The zero-order valence-electron chi connectivity index (χ0n) is 14.0. The normalized spacial score (nSPS) is 15.5. The second kappa shape index (κ2) is 8.11. The number of anilines is 1. The molecule has 1 aromatic carbocycles. The molecule has 3 rings (SSSR count). The fourth-order valence-corrected chi connectivity index (χ4v) is 3.40. The van der Waals surface area contributed by atoms with Crippen molar-refractivity contribution < 1.29 is 9.47 Å². The van der Waals surface area contributed by atoms with Crippen molar-refractivity contribution >= 4 is 28.4 Å². The number of nitrogens with zero attached hydrogens (tertiary/aromatic N) is 3. The maximum atomic E-state index is 6.17. The first-order valence-corrected chi connectivity index (χ1v) is 9.23. The molecule has 128 valence electrons. The number of ether oxygens (including phenoxy) is 2. The summed E-state index contributed by atoms with van der Waals surface area (Å²) in [5.41, 5.74) is 0.976. The molecular weight excluding hydrogens is 417 g/mol. The minimum Gasteiger partial charge on any atom is -0.489 e. The molecule has 24 heavy (non-hydrogen) atoms. The van der Waals surface area contributed by atoms with Crippen LogP contribution in [0.3, 0.4) is 0 Å². The quantitative estimate of drug-likeness (QED) is 0.667. The molecule has 0 N–H and O–H groups in total. The molecule has 0 atom stereocenters. The van der Waals surface area contributed by atoms with Gasteiger partial charge >= 0.3 is 0 Å². The molecule has 6 heteroatoms.